The Morgan fingerprint density at radius 3 is 2.56 bits per heavy atom. The fourth-order valence-electron chi connectivity index (χ4n) is 1.34. The van der Waals surface area contributed by atoms with Gasteiger partial charge in [0, 0.05) is 17.2 Å². The molecule has 0 aromatic carbocycles. The van der Waals surface area contributed by atoms with Gasteiger partial charge in [0.15, 0.2) is 0 Å². The van der Waals surface area contributed by atoms with E-state index < -0.39 is 0 Å². The highest BCUT2D eigenvalue weighted by Gasteiger charge is 2.12. The largest absolute Gasteiger partial charge is 0.339 e. The predicted molar refractivity (Wildman–Crippen MR) is 61.4 cm³/mol. The lowest BCUT2D eigenvalue weighted by molar-refractivity contribution is 0.365. The molecular weight excluding hydrogens is 226 g/mol. The first-order valence-electron chi connectivity index (χ1n) is 5.04. The number of nitrogens with zero attached hydrogens (tertiary/aromatic N) is 3. The maximum absolute atomic E-state index is 5.87. The van der Waals surface area contributed by atoms with Crippen LogP contribution in [0.1, 0.15) is 31.4 Å². The zero-order chi connectivity index (χ0) is 11.7. The molecule has 2 rings (SSSR count). The molecular formula is C11H12ClN3O. The topological polar surface area (TPSA) is 51.8 Å². The van der Waals surface area contributed by atoms with Gasteiger partial charge in [-0.15, -0.1) is 0 Å². The average Bonchev–Trinajstić information content (AvgIpc) is 2.64. The maximum atomic E-state index is 5.87. The minimum atomic E-state index is 0.222. The molecule has 2 aromatic rings. The van der Waals surface area contributed by atoms with Crippen LogP contribution in [0.25, 0.3) is 11.4 Å². The Bertz CT molecular complexity index is 487. The molecule has 0 amide bonds. The summed E-state index contributed by atoms with van der Waals surface area (Å²) in [4.78, 5) is 8.38. The highest BCUT2D eigenvalue weighted by molar-refractivity contribution is 6.29. The molecule has 4 nitrogen and oxygen atoms in total. The van der Waals surface area contributed by atoms with E-state index in [2.05, 4.69) is 15.1 Å². The number of hydrogen-bond acceptors (Lipinski definition) is 4. The summed E-state index contributed by atoms with van der Waals surface area (Å²) in [7, 11) is 0. The first-order valence-corrected chi connectivity index (χ1v) is 5.42. The molecule has 16 heavy (non-hydrogen) atoms. The van der Waals surface area contributed by atoms with Crippen molar-refractivity contribution in [3.63, 3.8) is 0 Å². The van der Waals surface area contributed by atoms with Crippen LogP contribution < -0.4 is 0 Å². The Balaban J connectivity index is 2.42. The smallest absolute Gasteiger partial charge is 0.229 e. The highest BCUT2D eigenvalue weighted by Crippen LogP contribution is 2.22. The van der Waals surface area contributed by atoms with E-state index >= 15 is 0 Å². The molecule has 0 aliphatic heterocycles. The molecule has 2 heterocycles. The van der Waals surface area contributed by atoms with E-state index in [0.717, 1.165) is 11.3 Å². The van der Waals surface area contributed by atoms with Gasteiger partial charge in [-0.25, -0.2) is 4.98 Å². The molecule has 5 heteroatoms. The van der Waals surface area contributed by atoms with Crippen LogP contribution in [-0.4, -0.2) is 15.1 Å². The summed E-state index contributed by atoms with van der Waals surface area (Å²) < 4.78 is 5.14. The van der Waals surface area contributed by atoms with Crippen molar-refractivity contribution in [2.45, 2.75) is 26.7 Å². The van der Waals surface area contributed by atoms with E-state index in [1.807, 2.05) is 26.8 Å². The fraction of sp³-hybridized carbons (Fsp3) is 0.364. The molecule has 0 saturated carbocycles. The molecule has 0 atom stereocenters. The summed E-state index contributed by atoms with van der Waals surface area (Å²) in [5, 5.41) is 4.35. The first kappa shape index (κ1) is 11.1. The Hall–Kier alpha value is -1.42. The van der Waals surface area contributed by atoms with Crippen molar-refractivity contribution < 1.29 is 4.52 Å². The van der Waals surface area contributed by atoms with Crippen LogP contribution in [0.15, 0.2) is 16.7 Å². The second-order valence-electron chi connectivity index (χ2n) is 3.93. The van der Waals surface area contributed by atoms with Gasteiger partial charge in [0.05, 0.1) is 0 Å². The van der Waals surface area contributed by atoms with E-state index in [1.54, 1.807) is 6.07 Å². The zero-order valence-corrected chi connectivity index (χ0v) is 10.1. The van der Waals surface area contributed by atoms with Gasteiger partial charge >= 0.3 is 0 Å². The van der Waals surface area contributed by atoms with Crippen LogP contribution in [0, 0.1) is 6.92 Å². The molecule has 0 radical (unpaired) electrons. The lowest BCUT2D eigenvalue weighted by atomic mass is 10.2. The minimum absolute atomic E-state index is 0.222. The summed E-state index contributed by atoms with van der Waals surface area (Å²) in [5.41, 5.74) is 1.66. The number of halogens is 1. The number of aromatic nitrogens is 3. The molecule has 84 valence electrons. The molecule has 0 N–H and O–H groups in total. The Labute approximate surface area is 98.7 Å². The van der Waals surface area contributed by atoms with Crippen molar-refractivity contribution in [1.29, 1.82) is 0 Å². The first-order chi connectivity index (χ1) is 7.56. The monoisotopic (exact) mass is 237 g/mol. The van der Waals surface area contributed by atoms with Crippen LogP contribution in [0.3, 0.4) is 0 Å². The van der Waals surface area contributed by atoms with Gasteiger partial charge in [-0.1, -0.05) is 30.6 Å². The quantitative estimate of drug-likeness (QED) is 0.753. The van der Waals surface area contributed by atoms with E-state index in [4.69, 9.17) is 16.1 Å². The van der Waals surface area contributed by atoms with Gasteiger partial charge in [-0.05, 0) is 19.1 Å². The summed E-state index contributed by atoms with van der Waals surface area (Å²) in [6.45, 7) is 5.88. The highest BCUT2D eigenvalue weighted by atomic mass is 35.5. The number of aryl methyl sites for hydroxylation is 1. The molecule has 0 spiro atoms. The molecule has 0 fully saturated rings. The number of rotatable bonds is 2. The van der Waals surface area contributed by atoms with Crippen molar-refractivity contribution in [3.8, 4) is 11.4 Å². The van der Waals surface area contributed by atoms with Gasteiger partial charge in [-0.2, -0.15) is 4.98 Å². The van der Waals surface area contributed by atoms with Crippen LogP contribution in [-0.2, 0) is 0 Å². The Morgan fingerprint density at radius 1 is 1.25 bits per heavy atom. The standard InChI is InChI=1S/C11H12ClN3O/c1-6(2)11-14-10(15-16-11)8-4-7(3)13-9(12)5-8/h4-6H,1-3H3. The van der Waals surface area contributed by atoms with Gasteiger partial charge in [0.1, 0.15) is 5.15 Å². The second kappa shape index (κ2) is 4.22. The Morgan fingerprint density at radius 2 is 2.00 bits per heavy atom. The molecule has 2 aromatic heterocycles. The summed E-state index contributed by atoms with van der Waals surface area (Å²) in [6.07, 6.45) is 0. The third-order valence-electron chi connectivity index (χ3n) is 2.12. The van der Waals surface area contributed by atoms with Crippen LogP contribution in [0.2, 0.25) is 5.15 Å². The normalized spacial score (nSPS) is 11.1. The average molecular weight is 238 g/mol. The Kier molecular flexibility index (Phi) is 2.92. The third-order valence-corrected chi connectivity index (χ3v) is 2.31. The predicted octanol–water partition coefficient (Wildman–Crippen LogP) is 3.22. The number of hydrogen-bond donors (Lipinski definition) is 0. The van der Waals surface area contributed by atoms with Crippen LogP contribution in [0.5, 0.6) is 0 Å². The minimum Gasteiger partial charge on any atom is -0.339 e. The van der Waals surface area contributed by atoms with Gasteiger partial charge in [0.2, 0.25) is 11.7 Å². The molecule has 0 aliphatic carbocycles. The van der Waals surface area contributed by atoms with E-state index in [-0.39, 0.29) is 5.92 Å². The van der Waals surface area contributed by atoms with Crippen molar-refractivity contribution in [1.82, 2.24) is 15.1 Å². The summed E-state index contributed by atoms with van der Waals surface area (Å²) >= 11 is 5.87. The van der Waals surface area contributed by atoms with E-state index in [0.29, 0.717) is 16.9 Å². The SMILES string of the molecule is Cc1cc(-c2noc(C(C)C)n2)cc(Cl)n1. The summed E-state index contributed by atoms with van der Waals surface area (Å²) in [5.74, 6) is 1.40. The van der Waals surface area contributed by atoms with Crippen molar-refractivity contribution in [2.75, 3.05) is 0 Å². The van der Waals surface area contributed by atoms with Gasteiger partial charge in [0.25, 0.3) is 0 Å². The second-order valence-corrected chi connectivity index (χ2v) is 4.32. The van der Waals surface area contributed by atoms with Gasteiger partial charge in [-0.3, -0.25) is 0 Å². The fourth-order valence-corrected chi connectivity index (χ4v) is 1.59. The third kappa shape index (κ3) is 2.22. The zero-order valence-electron chi connectivity index (χ0n) is 9.36. The lowest BCUT2D eigenvalue weighted by Crippen LogP contribution is -1.89. The molecule has 0 saturated heterocycles. The van der Waals surface area contributed by atoms with Gasteiger partial charge < -0.3 is 4.52 Å². The van der Waals surface area contributed by atoms with Crippen molar-refractivity contribution in [3.05, 3.63) is 28.9 Å². The van der Waals surface area contributed by atoms with E-state index in [1.165, 1.54) is 0 Å². The molecule has 0 aliphatic rings. The molecule has 0 unspecified atom stereocenters. The molecule has 0 bridgehead atoms. The van der Waals surface area contributed by atoms with Crippen LogP contribution in [0.4, 0.5) is 0 Å². The van der Waals surface area contributed by atoms with Crippen molar-refractivity contribution >= 4 is 11.6 Å². The van der Waals surface area contributed by atoms with E-state index in [9.17, 15) is 0 Å². The maximum Gasteiger partial charge on any atom is 0.229 e. The van der Waals surface area contributed by atoms with Crippen LogP contribution >= 0.6 is 11.6 Å². The summed E-state index contributed by atoms with van der Waals surface area (Å²) in [6, 6.07) is 3.60. The lowest BCUT2D eigenvalue weighted by Gasteiger charge is -1.97. The van der Waals surface area contributed by atoms with Crippen molar-refractivity contribution in [2.24, 2.45) is 0 Å². The number of pyridine rings is 1.